The average molecular weight is 436 g/mol. The third kappa shape index (κ3) is 3.91. The van der Waals surface area contributed by atoms with Gasteiger partial charge in [0, 0.05) is 13.7 Å². The third-order valence-electron chi connectivity index (χ3n) is 5.89. The molecule has 0 fully saturated rings. The minimum absolute atomic E-state index is 0.117. The molecule has 0 saturated carbocycles. The minimum atomic E-state index is -0.552. The van der Waals surface area contributed by atoms with Crippen LogP contribution in [-0.4, -0.2) is 37.7 Å². The van der Waals surface area contributed by atoms with E-state index in [2.05, 4.69) is 6.92 Å². The van der Waals surface area contributed by atoms with Gasteiger partial charge in [0.15, 0.2) is 5.43 Å². The van der Waals surface area contributed by atoms with Gasteiger partial charge in [-0.05, 0) is 55.2 Å². The van der Waals surface area contributed by atoms with Crippen LogP contribution in [0.2, 0.25) is 0 Å². The summed E-state index contributed by atoms with van der Waals surface area (Å²) in [6.45, 7) is 7.28. The molecule has 0 N–H and O–H groups in total. The van der Waals surface area contributed by atoms with Gasteiger partial charge in [-0.15, -0.1) is 0 Å². The Bertz CT molecular complexity index is 1210. The molecule has 32 heavy (non-hydrogen) atoms. The number of rotatable bonds is 8. The van der Waals surface area contributed by atoms with Crippen molar-refractivity contribution in [2.75, 3.05) is 26.9 Å². The molecule has 168 valence electrons. The number of carbonyl (C=O) groups excluding carboxylic acids is 1. The standard InChI is InChI=1S/C26H29NO5/c1-5-6-11-31-19-9-7-8-18(15-19)23-22-24(28)21-17(3)13-16(2)14-20(21)32-25(22)26(29)27(23)10-12-30-4/h7-9,13-15,23H,5-6,10-12H2,1-4H3. The Morgan fingerprint density at radius 3 is 2.66 bits per heavy atom. The van der Waals surface area contributed by atoms with Crippen molar-refractivity contribution in [1.82, 2.24) is 4.90 Å². The van der Waals surface area contributed by atoms with Crippen molar-refractivity contribution in [3.05, 3.63) is 74.6 Å². The van der Waals surface area contributed by atoms with E-state index in [4.69, 9.17) is 13.9 Å². The number of carbonyl (C=O) groups is 1. The van der Waals surface area contributed by atoms with Crippen LogP contribution in [0.5, 0.6) is 5.75 Å². The van der Waals surface area contributed by atoms with Crippen molar-refractivity contribution in [2.45, 2.75) is 39.7 Å². The molecule has 6 heteroatoms. The van der Waals surface area contributed by atoms with Crippen LogP contribution in [0.3, 0.4) is 0 Å². The fourth-order valence-corrected chi connectivity index (χ4v) is 4.39. The lowest BCUT2D eigenvalue weighted by Crippen LogP contribution is -2.32. The molecular weight excluding hydrogens is 406 g/mol. The van der Waals surface area contributed by atoms with Crippen LogP contribution in [0, 0.1) is 13.8 Å². The van der Waals surface area contributed by atoms with Crippen LogP contribution in [0.1, 0.15) is 58.6 Å². The highest BCUT2D eigenvalue weighted by Gasteiger charge is 2.42. The molecule has 6 nitrogen and oxygen atoms in total. The van der Waals surface area contributed by atoms with Gasteiger partial charge in [-0.3, -0.25) is 9.59 Å². The summed E-state index contributed by atoms with van der Waals surface area (Å²) < 4.78 is 17.2. The van der Waals surface area contributed by atoms with Gasteiger partial charge >= 0.3 is 0 Å². The monoisotopic (exact) mass is 435 g/mol. The van der Waals surface area contributed by atoms with Crippen LogP contribution < -0.4 is 10.2 Å². The first-order valence-electron chi connectivity index (χ1n) is 11.1. The highest BCUT2D eigenvalue weighted by molar-refractivity contribution is 5.99. The van der Waals surface area contributed by atoms with E-state index in [1.54, 1.807) is 12.0 Å². The molecule has 0 bridgehead atoms. The van der Waals surface area contributed by atoms with Crippen LogP contribution in [0.4, 0.5) is 0 Å². The highest BCUT2D eigenvalue weighted by Crippen LogP contribution is 2.39. The summed E-state index contributed by atoms with van der Waals surface area (Å²) in [4.78, 5) is 28.7. The zero-order chi connectivity index (χ0) is 22.8. The Balaban J connectivity index is 1.88. The number of unbranched alkanes of at least 4 members (excludes halogenated alkanes) is 1. The molecule has 1 aliphatic rings. The van der Waals surface area contributed by atoms with Gasteiger partial charge in [-0.25, -0.2) is 0 Å². The number of hydrogen-bond acceptors (Lipinski definition) is 5. The first-order valence-corrected chi connectivity index (χ1v) is 11.1. The molecule has 1 aliphatic heterocycles. The summed E-state index contributed by atoms with van der Waals surface area (Å²) in [5.41, 5.74) is 3.32. The second-order valence-electron chi connectivity index (χ2n) is 8.30. The van der Waals surface area contributed by atoms with E-state index in [0.29, 0.717) is 36.3 Å². The van der Waals surface area contributed by atoms with Gasteiger partial charge in [-0.2, -0.15) is 0 Å². The van der Waals surface area contributed by atoms with Crippen molar-refractivity contribution in [3.8, 4) is 5.75 Å². The molecule has 0 radical (unpaired) electrons. The molecule has 1 atom stereocenters. The summed E-state index contributed by atoms with van der Waals surface area (Å²) in [6, 6.07) is 10.8. The largest absolute Gasteiger partial charge is 0.494 e. The molecule has 0 saturated heterocycles. The Kier molecular flexibility index (Phi) is 6.33. The lowest BCUT2D eigenvalue weighted by molar-refractivity contribution is 0.0663. The molecule has 2 aromatic carbocycles. The van der Waals surface area contributed by atoms with Crippen LogP contribution in [-0.2, 0) is 4.74 Å². The van der Waals surface area contributed by atoms with Crippen LogP contribution in [0.25, 0.3) is 11.0 Å². The number of aryl methyl sites for hydroxylation is 2. The van der Waals surface area contributed by atoms with E-state index in [9.17, 15) is 9.59 Å². The van der Waals surface area contributed by atoms with E-state index in [1.807, 2.05) is 50.2 Å². The fourth-order valence-electron chi connectivity index (χ4n) is 4.39. The van der Waals surface area contributed by atoms with Crippen molar-refractivity contribution in [1.29, 1.82) is 0 Å². The molecule has 1 unspecified atom stereocenters. The topological polar surface area (TPSA) is 69.0 Å². The number of hydrogen-bond donors (Lipinski definition) is 0. The van der Waals surface area contributed by atoms with Crippen molar-refractivity contribution in [2.24, 2.45) is 0 Å². The molecule has 1 aromatic heterocycles. The quantitative estimate of drug-likeness (QED) is 0.476. The van der Waals surface area contributed by atoms with E-state index in [0.717, 1.165) is 35.3 Å². The maximum Gasteiger partial charge on any atom is 0.290 e. The van der Waals surface area contributed by atoms with Gasteiger partial charge in [0.05, 0.1) is 30.2 Å². The number of benzene rings is 2. The number of ether oxygens (including phenoxy) is 2. The first-order chi connectivity index (χ1) is 15.5. The summed E-state index contributed by atoms with van der Waals surface area (Å²) in [5.74, 6) is 0.545. The Labute approximate surface area is 187 Å². The van der Waals surface area contributed by atoms with Gasteiger partial charge < -0.3 is 18.8 Å². The zero-order valence-electron chi connectivity index (χ0n) is 19.1. The average Bonchev–Trinajstić information content (AvgIpc) is 3.04. The van der Waals surface area contributed by atoms with Crippen molar-refractivity contribution < 1.29 is 18.7 Å². The zero-order valence-corrected chi connectivity index (χ0v) is 19.1. The Hall–Kier alpha value is -3.12. The Morgan fingerprint density at radius 1 is 1.09 bits per heavy atom. The maximum atomic E-state index is 13.7. The van der Waals surface area contributed by atoms with E-state index >= 15 is 0 Å². The number of fused-ring (bicyclic) bond motifs is 2. The summed E-state index contributed by atoms with van der Waals surface area (Å²) in [5, 5.41) is 0.524. The number of methoxy groups -OCH3 is 1. The van der Waals surface area contributed by atoms with E-state index < -0.39 is 6.04 Å². The smallest absolute Gasteiger partial charge is 0.290 e. The molecule has 3 aromatic rings. The minimum Gasteiger partial charge on any atom is -0.494 e. The van der Waals surface area contributed by atoms with Gasteiger partial charge in [-0.1, -0.05) is 31.5 Å². The second kappa shape index (κ2) is 9.17. The summed E-state index contributed by atoms with van der Waals surface area (Å²) in [6.07, 6.45) is 2.01. The van der Waals surface area contributed by atoms with Crippen molar-refractivity contribution >= 4 is 16.9 Å². The normalized spacial score (nSPS) is 15.4. The lowest BCUT2D eigenvalue weighted by Gasteiger charge is -2.25. The Morgan fingerprint density at radius 2 is 1.91 bits per heavy atom. The molecule has 4 rings (SSSR count). The van der Waals surface area contributed by atoms with Gasteiger partial charge in [0.25, 0.3) is 5.91 Å². The molecular formula is C26H29NO5. The predicted molar refractivity (Wildman–Crippen MR) is 124 cm³/mol. The molecule has 0 aliphatic carbocycles. The van der Waals surface area contributed by atoms with Gasteiger partial charge in [0.1, 0.15) is 11.3 Å². The molecule has 2 heterocycles. The molecule has 1 amide bonds. The first kappa shape index (κ1) is 22.1. The lowest BCUT2D eigenvalue weighted by atomic mass is 9.96. The van der Waals surface area contributed by atoms with Crippen LogP contribution >= 0.6 is 0 Å². The van der Waals surface area contributed by atoms with E-state index in [1.165, 1.54) is 0 Å². The van der Waals surface area contributed by atoms with Crippen molar-refractivity contribution in [3.63, 3.8) is 0 Å². The van der Waals surface area contributed by atoms with Gasteiger partial charge in [0.2, 0.25) is 5.76 Å². The second-order valence-corrected chi connectivity index (χ2v) is 8.30. The summed E-state index contributed by atoms with van der Waals surface area (Å²) in [7, 11) is 1.59. The highest BCUT2D eigenvalue weighted by atomic mass is 16.5. The maximum absolute atomic E-state index is 13.7. The third-order valence-corrected chi connectivity index (χ3v) is 5.89. The molecule has 0 spiro atoms. The number of nitrogens with zero attached hydrogens (tertiary/aromatic N) is 1. The van der Waals surface area contributed by atoms with E-state index in [-0.39, 0.29) is 17.1 Å². The predicted octanol–water partition coefficient (Wildman–Crippen LogP) is 4.78. The fraction of sp³-hybridized carbons (Fsp3) is 0.385. The number of amides is 1. The van der Waals surface area contributed by atoms with Crippen LogP contribution in [0.15, 0.2) is 45.6 Å². The summed E-state index contributed by atoms with van der Waals surface area (Å²) >= 11 is 0. The SMILES string of the molecule is CCCCOc1cccc(C2c3c(oc4cc(C)cc(C)c4c3=O)C(=O)N2CCOC)c1.